The van der Waals surface area contributed by atoms with E-state index in [2.05, 4.69) is 5.32 Å². The second kappa shape index (κ2) is 8.29. The zero-order valence-electron chi connectivity index (χ0n) is 12.9. The van der Waals surface area contributed by atoms with Crippen LogP contribution in [0.3, 0.4) is 0 Å². The minimum Gasteiger partial charge on any atom is -0.382 e. The van der Waals surface area contributed by atoms with Gasteiger partial charge in [-0.2, -0.15) is 0 Å². The van der Waals surface area contributed by atoms with Gasteiger partial charge in [0, 0.05) is 39.4 Å². The molecular weight excluding hydrogens is 258 g/mol. The molecule has 1 N–H and O–H groups in total. The summed E-state index contributed by atoms with van der Waals surface area (Å²) < 4.78 is 22.1. The lowest BCUT2D eigenvalue weighted by Crippen LogP contribution is -2.46. The molecule has 5 nitrogen and oxygen atoms in total. The van der Waals surface area contributed by atoms with Gasteiger partial charge in [0.15, 0.2) is 0 Å². The summed E-state index contributed by atoms with van der Waals surface area (Å²) >= 11 is 0. The van der Waals surface area contributed by atoms with Crippen LogP contribution in [0.25, 0.3) is 0 Å². The molecular formula is C15H29NO4. The first kappa shape index (κ1) is 16.2. The molecule has 0 aromatic heterocycles. The number of ether oxygens (including phenoxy) is 4. The summed E-state index contributed by atoms with van der Waals surface area (Å²) in [7, 11) is 3.75. The summed E-state index contributed by atoms with van der Waals surface area (Å²) in [5.74, 6) is 0.654. The van der Waals surface area contributed by atoms with Gasteiger partial charge < -0.3 is 24.3 Å². The van der Waals surface area contributed by atoms with E-state index in [-0.39, 0.29) is 5.60 Å². The minimum atomic E-state index is -0.00504. The van der Waals surface area contributed by atoms with Crippen molar-refractivity contribution in [3.63, 3.8) is 0 Å². The first-order valence-electron chi connectivity index (χ1n) is 7.75. The molecule has 2 aliphatic heterocycles. The summed E-state index contributed by atoms with van der Waals surface area (Å²) in [5.41, 5.74) is -0.00504. The Morgan fingerprint density at radius 1 is 1.30 bits per heavy atom. The van der Waals surface area contributed by atoms with E-state index in [9.17, 15) is 0 Å². The van der Waals surface area contributed by atoms with Gasteiger partial charge in [0.25, 0.3) is 0 Å². The van der Waals surface area contributed by atoms with Crippen LogP contribution in [0, 0.1) is 5.92 Å². The second-order valence-electron chi connectivity index (χ2n) is 5.88. The van der Waals surface area contributed by atoms with Crippen LogP contribution in [0.15, 0.2) is 0 Å². The fourth-order valence-corrected chi connectivity index (χ4v) is 3.34. The topological polar surface area (TPSA) is 49.0 Å². The maximum Gasteiger partial charge on any atom is 0.0939 e. The van der Waals surface area contributed by atoms with E-state index in [1.807, 2.05) is 7.05 Å². The predicted octanol–water partition coefficient (Wildman–Crippen LogP) is 1.21. The maximum atomic E-state index is 6.01. The SMILES string of the molecule is CNC(CCOCCOC)C1CCOC2(CCOC2)C1. The van der Waals surface area contributed by atoms with Crippen LogP contribution in [0.5, 0.6) is 0 Å². The molecule has 0 aliphatic carbocycles. The Kier molecular flexibility index (Phi) is 6.71. The number of rotatable bonds is 8. The standard InChI is InChI=1S/C15H29NO4/c1-16-14(4-6-18-10-9-17-2)13-3-7-20-15(11-13)5-8-19-12-15/h13-14,16H,3-12H2,1-2H3. The fraction of sp³-hybridized carbons (Fsp3) is 1.00. The molecule has 0 bridgehead atoms. The number of methoxy groups -OCH3 is 1. The lowest BCUT2D eigenvalue weighted by Gasteiger charge is -2.40. The first-order valence-corrected chi connectivity index (χ1v) is 7.75. The second-order valence-corrected chi connectivity index (χ2v) is 5.88. The Balaban J connectivity index is 1.75. The molecule has 5 heteroatoms. The molecule has 0 radical (unpaired) electrons. The average Bonchev–Trinajstić information content (AvgIpc) is 2.91. The molecule has 2 aliphatic rings. The van der Waals surface area contributed by atoms with Crippen molar-refractivity contribution in [3.05, 3.63) is 0 Å². The van der Waals surface area contributed by atoms with Gasteiger partial charge in [0.1, 0.15) is 0 Å². The zero-order valence-corrected chi connectivity index (χ0v) is 12.9. The molecule has 2 saturated heterocycles. The monoisotopic (exact) mass is 287 g/mol. The van der Waals surface area contributed by atoms with Gasteiger partial charge in [0.2, 0.25) is 0 Å². The van der Waals surface area contributed by atoms with Crippen molar-refractivity contribution in [1.29, 1.82) is 0 Å². The Bertz CT molecular complexity index is 269. The third kappa shape index (κ3) is 4.40. The van der Waals surface area contributed by atoms with Crippen LogP contribution in [0.4, 0.5) is 0 Å². The van der Waals surface area contributed by atoms with Crippen molar-refractivity contribution in [2.24, 2.45) is 5.92 Å². The number of hydrogen-bond donors (Lipinski definition) is 1. The van der Waals surface area contributed by atoms with Crippen molar-refractivity contribution in [2.45, 2.75) is 37.3 Å². The Morgan fingerprint density at radius 2 is 2.20 bits per heavy atom. The van der Waals surface area contributed by atoms with Crippen LogP contribution in [-0.2, 0) is 18.9 Å². The zero-order chi connectivity index (χ0) is 14.3. The molecule has 0 saturated carbocycles. The Morgan fingerprint density at radius 3 is 2.90 bits per heavy atom. The minimum absolute atomic E-state index is 0.00504. The van der Waals surface area contributed by atoms with Crippen LogP contribution in [0.2, 0.25) is 0 Å². The van der Waals surface area contributed by atoms with E-state index >= 15 is 0 Å². The average molecular weight is 287 g/mol. The summed E-state index contributed by atoms with van der Waals surface area (Å²) in [6.07, 6.45) is 4.33. The third-order valence-corrected chi connectivity index (χ3v) is 4.54. The normalized spacial score (nSPS) is 31.8. The lowest BCUT2D eigenvalue weighted by atomic mass is 9.80. The highest BCUT2D eigenvalue weighted by Gasteiger charge is 2.42. The molecule has 0 amide bonds. The van der Waals surface area contributed by atoms with Crippen molar-refractivity contribution in [2.75, 3.05) is 53.8 Å². The molecule has 2 rings (SSSR count). The van der Waals surface area contributed by atoms with Gasteiger partial charge in [-0.05, 0) is 32.2 Å². The molecule has 2 fully saturated rings. The van der Waals surface area contributed by atoms with E-state index < -0.39 is 0 Å². The molecule has 0 aromatic carbocycles. The Hall–Kier alpha value is -0.200. The molecule has 1 spiro atoms. The van der Waals surface area contributed by atoms with Gasteiger partial charge in [-0.1, -0.05) is 0 Å². The van der Waals surface area contributed by atoms with Crippen LogP contribution < -0.4 is 5.32 Å². The first-order chi connectivity index (χ1) is 9.79. The number of hydrogen-bond acceptors (Lipinski definition) is 5. The summed E-state index contributed by atoms with van der Waals surface area (Å²) in [6, 6.07) is 0.499. The summed E-state index contributed by atoms with van der Waals surface area (Å²) in [4.78, 5) is 0. The molecule has 3 unspecified atom stereocenters. The Labute approximate surface area is 122 Å². The van der Waals surface area contributed by atoms with E-state index in [1.165, 1.54) is 0 Å². The predicted molar refractivity (Wildman–Crippen MR) is 77.0 cm³/mol. The van der Waals surface area contributed by atoms with E-state index in [1.54, 1.807) is 7.11 Å². The molecule has 2 heterocycles. The maximum absolute atomic E-state index is 6.01. The molecule has 118 valence electrons. The van der Waals surface area contributed by atoms with Crippen LogP contribution >= 0.6 is 0 Å². The van der Waals surface area contributed by atoms with Gasteiger partial charge in [-0.25, -0.2) is 0 Å². The van der Waals surface area contributed by atoms with E-state index in [4.69, 9.17) is 18.9 Å². The van der Waals surface area contributed by atoms with Gasteiger partial charge in [-0.15, -0.1) is 0 Å². The largest absolute Gasteiger partial charge is 0.382 e. The lowest BCUT2D eigenvalue weighted by molar-refractivity contribution is -0.104. The van der Waals surface area contributed by atoms with Gasteiger partial charge in [0.05, 0.1) is 25.4 Å². The fourth-order valence-electron chi connectivity index (χ4n) is 3.34. The van der Waals surface area contributed by atoms with Gasteiger partial charge in [-0.3, -0.25) is 0 Å². The highest BCUT2D eigenvalue weighted by molar-refractivity contribution is 4.93. The highest BCUT2D eigenvalue weighted by atomic mass is 16.6. The van der Waals surface area contributed by atoms with Crippen molar-refractivity contribution >= 4 is 0 Å². The quantitative estimate of drug-likeness (QED) is 0.680. The van der Waals surface area contributed by atoms with Gasteiger partial charge >= 0.3 is 0 Å². The van der Waals surface area contributed by atoms with E-state index in [0.29, 0.717) is 25.2 Å². The van der Waals surface area contributed by atoms with Crippen molar-refractivity contribution < 1.29 is 18.9 Å². The number of nitrogens with one attached hydrogen (secondary N) is 1. The van der Waals surface area contributed by atoms with Crippen molar-refractivity contribution in [3.8, 4) is 0 Å². The smallest absolute Gasteiger partial charge is 0.0939 e. The molecule has 0 aromatic rings. The summed E-state index contributed by atoms with van der Waals surface area (Å²) in [5, 5.41) is 3.46. The van der Waals surface area contributed by atoms with Crippen LogP contribution in [-0.4, -0.2) is 65.4 Å². The van der Waals surface area contributed by atoms with E-state index in [0.717, 1.165) is 52.1 Å². The van der Waals surface area contributed by atoms with Crippen LogP contribution in [0.1, 0.15) is 25.7 Å². The highest BCUT2D eigenvalue weighted by Crippen LogP contribution is 2.37. The van der Waals surface area contributed by atoms with Crippen molar-refractivity contribution in [1.82, 2.24) is 5.32 Å². The molecule has 3 atom stereocenters. The summed E-state index contributed by atoms with van der Waals surface area (Å²) in [6.45, 7) is 4.61. The molecule has 20 heavy (non-hydrogen) atoms. The third-order valence-electron chi connectivity index (χ3n) is 4.54.